The fraction of sp³-hybridized carbons (Fsp3) is 0.417. The quantitative estimate of drug-likeness (QED) is 0.312. The average Bonchev–Trinajstić information content (AvgIpc) is 2.41. The van der Waals surface area contributed by atoms with Gasteiger partial charge in [0, 0.05) is 19.6 Å². The van der Waals surface area contributed by atoms with Gasteiger partial charge in [-0.25, -0.2) is 0 Å². The number of morpholine rings is 1. The molecular weight excluding hydrogens is 234 g/mol. The van der Waals surface area contributed by atoms with E-state index in [0.29, 0.717) is 13.2 Å². The highest BCUT2D eigenvalue weighted by molar-refractivity contribution is 5.84. The molecule has 0 aromatic heterocycles. The van der Waals surface area contributed by atoms with Crippen LogP contribution in [0.2, 0.25) is 0 Å². The summed E-state index contributed by atoms with van der Waals surface area (Å²) < 4.78 is 5.42. The predicted octanol–water partition coefficient (Wildman–Crippen LogP) is 0.339. The molecule has 0 spiro atoms. The fourth-order valence-electron chi connectivity index (χ4n) is 1.95. The van der Waals surface area contributed by atoms with Crippen molar-refractivity contribution < 1.29 is 15.1 Å². The van der Waals surface area contributed by atoms with Crippen LogP contribution in [0, 0.1) is 0 Å². The number of hydrogen-bond acceptors (Lipinski definition) is 5. The molecule has 1 saturated heterocycles. The van der Waals surface area contributed by atoms with Gasteiger partial charge in [-0.2, -0.15) is 0 Å². The molecule has 18 heavy (non-hydrogen) atoms. The van der Waals surface area contributed by atoms with Crippen molar-refractivity contribution in [1.29, 1.82) is 0 Å². The third-order valence-corrected chi connectivity index (χ3v) is 2.94. The van der Waals surface area contributed by atoms with Crippen LogP contribution in [-0.2, 0) is 11.3 Å². The zero-order valence-electron chi connectivity index (χ0n) is 9.99. The number of amidine groups is 1. The molecule has 1 aromatic carbocycles. The minimum absolute atomic E-state index is 0.102. The first-order chi connectivity index (χ1) is 8.69. The number of nitrogens with two attached hydrogens (primary N) is 1. The SMILES string of the molecule is NC(=NO)C1CN(Cc2ccc(O)cc2)CCO1. The van der Waals surface area contributed by atoms with Crippen molar-refractivity contribution in [1.82, 2.24) is 4.90 Å². The van der Waals surface area contributed by atoms with Crippen molar-refractivity contribution in [2.75, 3.05) is 19.7 Å². The summed E-state index contributed by atoms with van der Waals surface area (Å²) in [6.45, 7) is 2.70. The maximum Gasteiger partial charge on any atom is 0.169 e. The predicted molar refractivity (Wildman–Crippen MR) is 66.5 cm³/mol. The largest absolute Gasteiger partial charge is 0.508 e. The van der Waals surface area contributed by atoms with Crippen molar-refractivity contribution in [3.8, 4) is 5.75 Å². The highest BCUT2D eigenvalue weighted by atomic mass is 16.5. The number of oxime groups is 1. The van der Waals surface area contributed by atoms with Crippen LogP contribution in [0.4, 0.5) is 0 Å². The third kappa shape index (κ3) is 3.12. The molecule has 1 aromatic rings. The van der Waals surface area contributed by atoms with Gasteiger partial charge in [-0.05, 0) is 17.7 Å². The normalized spacial score (nSPS) is 22.0. The maximum atomic E-state index is 9.22. The number of phenolic OH excluding ortho intramolecular Hbond substituents is 1. The zero-order valence-corrected chi connectivity index (χ0v) is 9.99. The molecule has 2 rings (SSSR count). The number of ether oxygens (including phenoxy) is 1. The fourth-order valence-corrected chi connectivity index (χ4v) is 1.95. The molecule has 1 heterocycles. The van der Waals surface area contributed by atoms with Crippen molar-refractivity contribution in [2.45, 2.75) is 12.6 Å². The van der Waals surface area contributed by atoms with E-state index in [-0.39, 0.29) is 17.7 Å². The summed E-state index contributed by atoms with van der Waals surface area (Å²) >= 11 is 0. The monoisotopic (exact) mass is 251 g/mol. The van der Waals surface area contributed by atoms with E-state index in [4.69, 9.17) is 15.7 Å². The Morgan fingerprint density at radius 2 is 2.17 bits per heavy atom. The van der Waals surface area contributed by atoms with E-state index in [0.717, 1.165) is 18.7 Å². The molecule has 0 aliphatic carbocycles. The van der Waals surface area contributed by atoms with E-state index >= 15 is 0 Å². The Morgan fingerprint density at radius 1 is 1.44 bits per heavy atom. The van der Waals surface area contributed by atoms with Gasteiger partial charge in [0.05, 0.1) is 6.61 Å². The summed E-state index contributed by atoms with van der Waals surface area (Å²) in [4.78, 5) is 2.17. The highest BCUT2D eigenvalue weighted by Gasteiger charge is 2.23. The van der Waals surface area contributed by atoms with E-state index in [1.54, 1.807) is 12.1 Å². The Labute approximate surface area is 105 Å². The number of hydrogen-bond donors (Lipinski definition) is 3. The molecule has 98 valence electrons. The zero-order chi connectivity index (χ0) is 13.0. The smallest absolute Gasteiger partial charge is 0.169 e. The summed E-state index contributed by atoms with van der Waals surface area (Å²) in [5.74, 6) is 0.362. The van der Waals surface area contributed by atoms with Crippen LogP contribution < -0.4 is 5.73 Å². The molecule has 1 fully saturated rings. The number of nitrogens with zero attached hydrogens (tertiary/aromatic N) is 2. The van der Waals surface area contributed by atoms with E-state index in [9.17, 15) is 5.11 Å². The lowest BCUT2D eigenvalue weighted by molar-refractivity contribution is 0.00141. The third-order valence-electron chi connectivity index (χ3n) is 2.94. The topological polar surface area (TPSA) is 91.3 Å². The Hall–Kier alpha value is -1.79. The van der Waals surface area contributed by atoms with Crippen molar-refractivity contribution >= 4 is 5.84 Å². The molecule has 0 amide bonds. The second kappa shape index (κ2) is 5.70. The van der Waals surface area contributed by atoms with Gasteiger partial charge in [0.15, 0.2) is 5.84 Å². The Kier molecular flexibility index (Phi) is 4.01. The van der Waals surface area contributed by atoms with Crippen LogP contribution >= 0.6 is 0 Å². The van der Waals surface area contributed by atoms with Gasteiger partial charge in [0.2, 0.25) is 0 Å². The maximum absolute atomic E-state index is 9.22. The lowest BCUT2D eigenvalue weighted by atomic mass is 10.2. The van der Waals surface area contributed by atoms with Crippen LogP contribution in [0.1, 0.15) is 5.56 Å². The first-order valence-corrected chi connectivity index (χ1v) is 5.78. The van der Waals surface area contributed by atoms with Gasteiger partial charge in [-0.1, -0.05) is 17.3 Å². The summed E-state index contributed by atoms with van der Waals surface area (Å²) in [6.07, 6.45) is -0.360. The first-order valence-electron chi connectivity index (χ1n) is 5.78. The van der Waals surface area contributed by atoms with E-state index < -0.39 is 0 Å². The number of benzene rings is 1. The Bertz CT molecular complexity index is 419. The summed E-state index contributed by atoms with van der Waals surface area (Å²) in [6, 6.07) is 7.08. The molecule has 1 aliphatic heterocycles. The standard InChI is InChI=1S/C12H17N3O3/c13-12(14-17)11-8-15(5-6-18-11)7-9-1-3-10(16)4-2-9/h1-4,11,16-17H,5-8H2,(H2,13,14). The molecule has 0 saturated carbocycles. The van der Waals surface area contributed by atoms with Crippen LogP contribution in [-0.4, -0.2) is 46.8 Å². The van der Waals surface area contributed by atoms with Crippen LogP contribution in [0.3, 0.4) is 0 Å². The van der Waals surface area contributed by atoms with Crippen molar-refractivity contribution in [3.05, 3.63) is 29.8 Å². The first kappa shape index (κ1) is 12.7. The highest BCUT2D eigenvalue weighted by Crippen LogP contribution is 2.14. The lowest BCUT2D eigenvalue weighted by Gasteiger charge is -2.32. The van der Waals surface area contributed by atoms with Crippen LogP contribution in [0.25, 0.3) is 0 Å². The number of rotatable bonds is 3. The minimum atomic E-state index is -0.360. The lowest BCUT2D eigenvalue weighted by Crippen LogP contribution is -2.48. The minimum Gasteiger partial charge on any atom is -0.508 e. The molecule has 1 unspecified atom stereocenters. The summed E-state index contributed by atoms with van der Waals surface area (Å²) in [7, 11) is 0. The molecule has 0 radical (unpaired) electrons. The molecular formula is C12H17N3O3. The van der Waals surface area contributed by atoms with Crippen LogP contribution in [0.15, 0.2) is 29.4 Å². The van der Waals surface area contributed by atoms with Gasteiger partial charge in [0.25, 0.3) is 0 Å². The van der Waals surface area contributed by atoms with Crippen molar-refractivity contribution in [3.63, 3.8) is 0 Å². The van der Waals surface area contributed by atoms with Gasteiger partial charge in [-0.3, -0.25) is 4.90 Å². The van der Waals surface area contributed by atoms with Gasteiger partial charge >= 0.3 is 0 Å². The van der Waals surface area contributed by atoms with Gasteiger partial charge in [0.1, 0.15) is 11.9 Å². The van der Waals surface area contributed by atoms with Gasteiger partial charge in [-0.15, -0.1) is 0 Å². The van der Waals surface area contributed by atoms with E-state index in [1.165, 1.54) is 0 Å². The number of phenols is 1. The Morgan fingerprint density at radius 3 is 2.83 bits per heavy atom. The second-order valence-electron chi connectivity index (χ2n) is 4.29. The molecule has 0 bridgehead atoms. The van der Waals surface area contributed by atoms with Gasteiger partial charge < -0.3 is 20.8 Å². The molecule has 6 heteroatoms. The molecule has 6 nitrogen and oxygen atoms in total. The second-order valence-corrected chi connectivity index (χ2v) is 4.29. The number of aromatic hydroxyl groups is 1. The van der Waals surface area contributed by atoms with Crippen molar-refractivity contribution in [2.24, 2.45) is 10.9 Å². The molecule has 4 N–H and O–H groups in total. The average molecular weight is 251 g/mol. The summed E-state index contributed by atoms with van der Waals surface area (Å²) in [5, 5.41) is 20.8. The molecule has 1 aliphatic rings. The molecule has 1 atom stereocenters. The summed E-state index contributed by atoms with van der Waals surface area (Å²) in [5.41, 5.74) is 6.64. The Balaban J connectivity index is 1.95. The van der Waals surface area contributed by atoms with E-state index in [1.807, 2.05) is 12.1 Å². The van der Waals surface area contributed by atoms with Crippen LogP contribution in [0.5, 0.6) is 5.75 Å². The van der Waals surface area contributed by atoms with E-state index in [2.05, 4.69) is 10.1 Å².